The van der Waals surface area contributed by atoms with Gasteiger partial charge in [0.05, 0.1) is 16.8 Å². The summed E-state index contributed by atoms with van der Waals surface area (Å²) in [7, 11) is 0. The van der Waals surface area contributed by atoms with Gasteiger partial charge in [-0.05, 0) is 44.2 Å². The number of benzene rings is 1. The predicted molar refractivity (Wildman–Crippen MR) is 86.4 cm³/mol. The topological polar surface area (TPSA) is 50.9 Å². The summed E-state index contributed by atoms with van der Waals surface area (Å²) >= 11 is 0. The number of hydrogen-bond donors (Lipinski definition) is 2. The van der Waals surface area contributed by atoms with Crippen molar-refractivity contribution in [1.29, 1.82) is 0 Å². The molecule has 1 aromatic carbocycles. The van der Waals surface area contributed by atoms with E-state index in [0.717, 1.165) is 0 Å². The van der Waals surface area contributed by atoms with Crippen LogP contribution in [0.1, 0.15) is 25.0 Å². The Morgan fingerprint density at radius 1 is 0.923 bits per heavy atom. The van der Waals surface area contributed by atoms with E-state index < -0.39 is 29.0 Å². The molecule has 0 fully saturated rings. The van der Waals surface area contributed by atoms with Gasteiger partial charge in [-0.3, -0.25) is 0 Å². The van der Waals surface area contributed by atoms with E-state index in [1.165, 1.54) is 12.1 Å². The second-order valence-electron chi connectivity index (χ2n) is 6.54. The molecule has 142 valence electrons. The number of rotatable bonds is 4. The number of nitrogens with one attached hydrogen (secondary N) is 1. The lowest BCUT2D eigenvalue weighted by Crippen LogP contribution is -2.39. The van der Waals surface area contributed by atoms with Gasteiger partial charge in [0.15, 0.2) is 0 Å². The minimum atomic E-state index is -4.91. The molecule has 0 aliphatic rings. The van der Waals surface area contributed by atoms with Crippen LogP contribution in [0.25, 0.3) is 11.3 Å². The number of aromatic nitrogens is 1. The van der Waals surface area contributed by atoms with Crippen molar-refractivity contribution in [3.8, 4) is 11.3 Å². The third kappa shape index (κ3) is 5.35. The quantitative estimate of drug-likeness (QED) is 0.743. The highest BCUT2D eigenvalue weighted by Crippen LogP contribution is 2.38. The smallest absolute Gasteiger partial charge is 0.368 e. The Morgan fingerprint density at radius 3 is 1.92 bits per heavy atom. The first-order valence-corrected chi connectivity index (χ1v) is 7.55. The summed E-state index contributed by atoms with van der Waals surface area (Å²) in [6, 6.07) is 5.76. The van der Waals surface area contributed by atoms with Crippen LogP contribution >= 0.6 is 0 Å². The molecule has 9 heteroatoms. The van der Waals surface area contributed by atoms with Crippen LogP contribution in [0.5, 0.6) is 0 Å². The first-order valence-electron chi connectivity index (χ1n) is 7.55. The van der Waals surface area contributed by atoms with Gasteiger partial charge in [0.25, 0.3) is 0 Å². The van der Waals surface area contributed by atoms with Gasteiger partial charge < -0.3 is 11.1 Å². The average molecular weight is 377 g/mol. The van der Waals surface area contributed by atoms with Gasteiger partial charge in [-0.25, -0.2) is 4.98 Å². The van der Waals surface area contributed by atoms with Crippen molar-refractivity contribution in [3.05, 3.63) is 47.5 Å². The van der Waals surface area contributed by atoms with Crippen molar-refractivity contribution in [2.45, 2.75) is 31.7 Å². The molecule has 0 aliphatic carbocycles. The molecule has 2 rings (SSSR count). The lowest BCUT2D eigenvalue weighted by Gasteiger charge is -2.19. The van der Waals surface area contributed by atoms with Crippen LogP contribution < -0.4 is 11.1 Å². The van der Waals surface area contributed by atoms with E-state index in [2.05, 4.69) is 10.3 Å². The monoisotopic (exact) mass is 377 g/mol. The second-order valence-corrected chi connectivity index (χ2v) is 6.54. The van der Waals surface area contributed by atoms with E-state index in [4.69, 9.17) is 5.73 Å². The number of anilines is 1. The summed E-state index contributed by atoms with van der Waals surface area (Å²) in [6.45, 7) is 3.83. The minimum Gasteiger partial charge on any atom is -0.368 e. The molecular formula is C17H17F6N3. The summed E-state index contributed by atoms with van der Waals surface area (Å²) in [6.07, 6.45) is -9.81. The van der Waals surface area contributed by atoms with Gasteiger partial charge in [0, 0.05) is 17.6 Å². The number of alkyl halides is 6. The molecule has 0 radical (unpaired) electrons. The van der Waals surface area contributed by atoms with Gasteiger partial charge in [0.2, 0.25) is 0 Å². The molecule has 2 aromatic rings. The maximum Gasteiger partial charge on any atom is 0.416 e. The summed E-state index contributed by atoms with van der Waals surface area (Å²) in [4.78, 5) is 4.09. The third-order valence-corrected chi connectivity index (χ3v) is 3.36. The average Bonchev–Trinajstić information content (AvgIpc) is 2.50. The molecule has 3 nitrogen and oxygen atoms in total. The summed E-state index contributed by atoms with van der Waals surface area (Å²) in [5.41, 5.74) is 2.20. The van der Waals surface area contributed by atoms with Crippen molar-refractivity contribution in [3.63, 3.8) is 0 Å². The van der Waals surface area contributed by atoms with Gasteiger partial charge in [-0.2, -0.15) is 26.3 Å². The Bertz CT molecular complexity index is 743. The molecule has 0 unspecified atom stereocenters. The highest BCUT2D eigenvalue weighted by Gasteiger charge is 2.37. The van der Waals surface area contributed by atoms with Gasteiger partial charge in [0.1, 0.15) is 5.82 Å². The van der Waals surface area contributed by atoms with Crippen LogP contribution in [0.3, 0.4) is 0 Å². The number of halogens is 6. The second kappa shape index (κ2) is 6.79. The zero-order valence-electron chi connectivity index (χ0n) is 14.0. The molecule has 0 aliphatic heterocycles. The molecule has 0 saturated carbocycles. The van der Waals surface area contributed by atoms with Crippen molar-refractivity contribution in [2.24, 2.45) is 5.73 Å². The first-order chi connectivity index (χ1) is 11.8. The Morgan fingerprint density at radius 2 is 1.46 bits per heavy atom. The summed E-state index contributed by atoms with van der Waals surface area (Å²) in [5, 5.41) is 2.90. The summed E-state index contributed by atoms with van der Waals surface area (Å²) in [5.74, 6) is 0.298. The molecule has 1 aromatic heterocycles. The SMILES string of the molecule is CC(C)(N)CNc1cccc(-c2cc(C(F)(F)F)cc(C(F)(F)F)c2)n1. The van der Waals surface area contributed by atoms with Crippen LogP contribution in [0, 0.1) is 0 Å². The number of hydrogen-bond acceptors (Lipinski definition) is 3. The zero-order chi connectivity index (χ0) is 19.8. The molecule has 0 spiro atoms. The third-order valence-electron chi connectivity index (χ3n) is 3.36. The van der Waals surface area contributed by atoms with E-state index >= 15 is 0 Å². The number of nitrogens with two attached hydrogens (primary N) is 1. The predicted octanol–water partition coefficient (Wildman–Crippen LogP) is 4.94. The Labute approximate surface area is 146 Å². The van der Waals surface area contributed by atoms with E-state index in [-0.39, 0.29) is 17.3 Å². The number of pyridine rings is 1. The fourth-order valence-corrected chi connectivity index (χ4v) is 2.12. The molecule has 1 heterocycles. The maximum absolute atomic E-state index is 13.0. The molecule has 0 amide bonds. The first kappa shape index (κ1) is 20.0. The van der Waals surface area contributed by atoms with Crippen LogP contribution in [0.15, 0.2) is 36.4 Å². The fraction of sp³-hybridized carbons (Fsp3) is 0.353. The van der Waals surface area contributed by atoms with Crippen LogP contribution in [0.2, 0.25) is 0 Å². The summed E-state index contributed by atoms with van der Waals surface area (Å²) < 4.78 is 77.8. The lowest BCUT2D eigenvalue weighted by atomic mass is 10.0. The van der Waals surface area contributed by atoms with E-state index in [9.17, 15) is 26.3 Å². The largest absolute Gasteiger partial charge is 0.416 e. The highest BCUT2D eigenvalue weighted by atomic mass is 19.4. The van der Waals surface area contributed by atoms with E-state index in [0.29, 0.717) is 24.5 Å². The normalized spacial score (nSPS) is 13.0. The van der Waals surface area contributed by atoms with Crippen molar-refractivity contribution < 1.29 is 26.3 Å². The maximum atomic E-state index is 13.0. The molecular weight excluding hydrogens is 360 g/mol. The van der Waals surface area contributed by atoms with Crippen molar-refractivity contribution in [1.82, 2.24) is 4.98 Å². The molecule has 3 N–H and O–H groups in total. The molecule has 0 bridgehead atoms. The highest BCUT2D eigenvalue weighted by molar-refractivity contribution is 5.64. The van der Waals surface area contributed by atoms with Crippen molar-refractivity contribution in [2.75, 3.05) is 11.9 Å². The Hall–Kier alpha value is -2.29. The van der Waals surface area contributed by atoms with Crippen LogP contribution in [0.4, 0.5) is 32.2 Å². The van der Waals surface area contributed by atoms with Gasteiger partial charge in [-0.15, -0.1) is 0 Å². The van der Waals surface area contributed by atoms with E-state index in [1.54, 1.807) is 19.9 Å². The zero-order valence-corrected chi connectivity index (χ0v) is 14.0. The van der Waals surface area contributed by atoms with Crippen LogP contribution in [-0.4, -0.2) is 17.1 Å². The Balaban J connectivity index is 2.47. The standard InChI is InChI=1S/C17H17F6N3/c1-15(2,24)9-25-14-5-3-4-13(26-14)10-6-11(16(18,19)20)8-12(7-10)17(21,22)23/h3-8H,9,24H2,1-2H3,(H,25,26). The minimum absolute atomic E-state index is 0.0126. The molecule has 0 saturated heterocycles. The van der Waals surface area contributed by atoms with Crippen molar-refractivity contribution >= 4 is 5.82 Å². The molecule has 0 atom stereocenters. The van der Waals surface area contributed by atoms with Gasteiger partial charge >= 0.3 is 12.4 Å². The number of nitrogens with zero attached hydrogens (tertiary/aromatic N) is 1. The fourth-order valence-electron chi connectivity index (χ4n) is 2.12. The van der Waals surface area contributed by atoms with Gasteiger partial charge in [-0.1, -0.05) is 6.07 Å². The Kier molecular flexibility index (Phi) is 5.23. The van der Waals surface area contributed by atoms with Crippen LogP contribution in [-0.2, 0) is 12.4 Å². The molecule has 26 heavy (non-hydrogen) atoms. The van der Waals surface area contributed by atoms with E-state index in [1.807, 2.05) is 0 Å². The lowest BCUT2D eigenvalue weighted by molar-refractivity contribution is -0.143.